The first-order valence-electron chi connectivity index (χ1n) is 5.73. The molecule has 1 amide bonds. The third kappa shape index (κ3) is 2.19. The average molecular weight is 305 g/mol. The van der Waals surface area contributed by atoms with Gasteiger partial charge in [0.25, 0.3) is 5.91 Å². The van der Waals surface area contributed by atoms with Crippen molar-refractivity contribution in [1.29, 1.82) is 0 Å². The molecule has 0 aliphatic rings. The normalized spacial score (nSPS) is 10.7. The Morgan fingerprint density at radius 2 is 2.00 bits per heavy atom. The molecule has 0 radical (unpaired) electrons. The van der Waals surface area contributed by atoms with Crippen LogP contribution < -0.4 is 11.1 Å². The molecule has 100 valence electrons. The second-order valence-corrected chi connectivity index (χ2v) is 5.03. The summed E-state index contributed by atoms with van der Waals surface area (Å²) in [6, 6.07) is 10.3. The molecule has 3 rings (SSSR count). The van der Waals surface area contributed by atoms with Crippen LogP contribution >= 0.6 is 23.3 Å². The molecular weight excluding hydrogens is 296 g/mol. The van der Waals surface area contributed by atoms with Crippen LogP contribution in [0.2, 0.25) is 5.02 Å². The van der Waals surface area contributed by atoms with Gasteiger partial charge in [-0.15, -0.1) is 0 Å². The first kappa shape index (κ1) is 12.8. The molecule has 0 spiro atoms. The van der Waals surface area contributed by atoms with E-state index in [1.807, 2.05) is 0 Å². The number of carbonyl (C=O) groups is 1. The Kier molecular flexibility index (Phi) is 3.25. The minimum atomic E-state index is -0.328. The number of nitrogens with one attached hydrogen (secondary N) is 1. The number of para-hydroxylation sites is 1. The minimum absolute atomic E-state index is 0.328. The van der Waals surface area contributed by atoms with E-state index in [1.165, 1.54) is 0 Å². The number of hydrogen-bond donors (Lipinski definition) is 2. The highest BCUT2D eigenvalue weighted by molar-refractivity contribution is 7.00. The van der Waals surface area contributed by atoms with Crippen molar-refractivity contribution in [2.24, 2.45) is 0 Å². The van der Waals surface area contributed by atoms with Crippen molar-refractivity contribution in [3.8, 4) is 0 Å². The van der Waals surface area contributed by atoms with E-state index in [0.29, 0.717) is 33.0 Å². The van der Waals surface area contributed by atoms with E-state index >= 15 is 0 Å². The Balaban J connectivity index is 2.01. The number of aromatic nitrogens is 2. The van der Waals surface area contributed by atoms with Gasteiger partial charge in [0.15, 0.2) is 0 Å². The van der Waals surface area contributed by atoms with E-state index in [9.17, 15) is 4.79 Å². The van der Waals surface area contributed by atoms with Crippen LogP contribution in [0.3, 0.4) is 0 Å². The van der Waals surface area contributed by atoms with Crippen LogP contribution in [0.5, 0.6) is 0 Å². The van der Waals surface area contributed by atoms with E-state index in [2.05, 4.69) is 14.1 Å². The third-order valence-corrected chi connectivity index (χ3v) is 3.68. The molecule has 0 bridgehead atoms. The van der Waals surface area contributed by atoms with Crippen molar-refractivity contribution in [1.82, 2.24) is 8.75 Å². The summed E-state index contributed by atoms with van der Waals surface area (Å²) in [6.07, 6.45) is 0. The molecule has 3 N–H and O–H groups in total. The van der Waals surface area contributed by atoms with Crippen molar-refractivity contribution < 1.29 is 4.79 Å². The molecule has 0 saturated carbocycles. The van der Waals surface area contributed by atoms with Gasteiger partial charge in [-0.25, -0.2) is 0 Å². The Morgan fingerprint density at radius 1 is 1.20 bits per heavy atom. The van der Waals surface area contributed by atoms with E-state index in [4.69, 9.17) is 17.3 Å². The maximum atomic E-state index is 12.3. The average Bonchev–Trinajstić information content (AvgIpc) is 2.91. The highest BCUT2D eigenvalue weighted by atomic mass is 35.5. The van der Waals surface area contributed by atoms with Gasteiger partial charge in [0, 0.05) is 5.69 Å². The van der Waals surface area contributed by atoms with E-state index < -0.39 is 0 Å². The number of carbonyl (C=O) groups excluding carboxylic acids is 1. The zero-order chi connectivity index (χ0) is 14.1. The van der Waals surface area contributed by atoms with Crippen LogP contribution in [0.25, 0.3) is 11.0 Å². The Hall–Kier alpha value is -2.18. The number of fused-ring (bicyclic) bond motifs is 1. The van der Waals surface area contributed by atoms with Crippen LogP contribution in [-0.2, 0) is 0 Å². The van der Waals surface area contributed by atoms with Crippen molar-refractivity contribution in [2.45, 2.75) is 0 Å². The lowest BCUT2D eigenvalue weighted by Gasteiger charge is -2.09. The summed E-state index contributed by atoms with van der Waals surface area (Å²) >= 11 is 7.19. The summed E-state index contributed by atoms with van der Waals surface area (Å²) in [5.74, 6) is -0.328. The van der Waals surface area contributed by atoms with Gasteiger partial charge in [0.05, 0.1) is 28.0 Å². The van der Waals surface area contributed by atoms with E-state index in [-0.39, 0.29) is 5.91 Å². The zero-order valence-electron chi connectivity index (χ0n) is 10.1. The fraction of sp³-hybridized carbons (Fsp3) is 0. The van der Waals surface area contributed by atoms with Crippen molar-refractivity contribution in [3.05, 3.63) is 47.0 Å². The predicted molar refractivity (Wildman–Crippen MR) is 81.2 cm³/mol. The lowest BCUT2D eigenvalue weighted by Crippen LogP contribution is -2.14. The highest BCUT2D eigenvalue weighted by Gasteiger charge is 2.15. The van der Waals surface area contributed by atoms with Crippen LogP contribution in [0.1, 0.15) is 10.4 Å². The van der Waals surface area contributed by atoms with Crippen LogP contribution in [0, 0.1) is 0 Å². The fourth-order valence-electron chi connectivity index (χ4n) is 1.83. The van der Waals surface area contributed by atoms with Gasteiger partial charge < -0.3 is 11.1 Å². The molecule has 3 aromatic rings. The Bertz CT molecular complexity index is 802. The van der Waals surface area contributed by atoms with Crippen molar-refractivity contribution in [3.63, 3.8) is 0 Å². The maximum absolute atomic E-state index is 12.3. The summed E-state index contributed by atoms with van der Waals surface area (Å²) in [5, 5.41) is 3.16. The SMILES string of the molecule is Nc1ccccc1C(=O)Nc1c(Cl)ccc2nsnc12. The number of nitrogens with zero attached hydrogens (tertiary/aromatic N) is 2. The molecule has 0 fully saturated rings. The molecular formula is C13H9ClN4OS. The molecule has 20 heavy (non-hydrogen) atoms. The van der Waals surface area contributed by atoms with Crippen LogP contribution in [0.4, 0.5) is 11.4 Å². The van der Waals surface area contributed by atoms with Gasteiger partial charge in [-0.1, -0.05) is 23.7 Å². The fourth-order valence-corrected chi connectivity index (χ4v) is 2.57. The molecule has 5 nitrogen and oxygen atoms in total. The van der Waals surface area contributed by atoms with E-state index in [1.54, 1.807) is 36.4 Å². The second-order valence-electron chi connectivity index (χ2n) is 4.10. The van der Waals surface area contributed by atoms with Crippen LogP contribution in [0.15, 0.2) is 36.4 Å². The monoisotopic (exact) mass is 304 g/mol. The lowest BCUT2D eigenvalue weighted by atomic mass is 10.1. The zero-order valence-corrected chi connectivity index (χ0v) is 11.7. The molecule has 2 aromatic carbocycles. The third-order valence-electron chi connectivity index (χ3n) is 2.82. The predicted octanol–water partition coefficient (Wildman–Crippen LogP) is 3.18. The van der Waals surface area contributed by atoms with Crippen LogP contribution in [-0.4, -0.2) is 14.7 Å². The number of hydrogen-bond acceptors (Lipinski definition) is 5. The van der Waals surface area contributed by atoms with E-state index in [0.717, 1.165) is 11.7 Å². The number of rotatable bonds is 2. The summed E-state index contributed by atoms with van der Waals surface area (Å²) in [5.41, 5.74) is 8.30. The number of halogens is 1. The number of amides is 1. The van der Waals surface area contributed by atoms with Crippen molar-refractivity contribution in [2.75, 3.05) is 11.1 Å². The van der Waals surface area contributed by atoms with Crippen molar-refractivity contribution >= 4 is 51.6 Å². The minimum Gasteiger partial charge on any atom is -0.398 e. The highest BCUT2D eigenvalue weighted by Crippen LogP contribution is 2.30. The number of nitrogens with two attached hydrogens (primary N) is 1. The first-order chi connectivity index (χ1) is 9.66. The summed E-state index contributed by atoms with van der Waals surface area (Å²) in [6.45, 7) is 0. The molecule has 0 unspecified atom stereocenters. The number of nitrogen functional groups attached to an aromatic ring is 1. The molecule has 0 saturated heterocycles. The largest absolute Gasteiger partial charge is 0.398 e. The molecule has 0 aliphatic carbocycles. The summed E-state index contributed by atoms with van der Waals surface area (Å²) < 4.78 is 8.26. The summed E-state index contributed by atoms with van der Waals surface area (Å²) in [4.78, 5) is 12.3. The lowest BCUT2D eigenvalue weighted by molar-refractivity contribution is 0.102. The standard InChI is InChI=1S/C13H9ClN4OS/c14-8-5-6-10-12(18-20-17-10)11(8)16-13(19)7-3-1-2-4-9(7)15/h1-6H,15H2,(H,16,19). The molecule has 7 heteroatoms. The number of benzene rings is 2. The van der Waals surface area contributed by atoms with Gasteiger partial charge in [-0.05, 0) is 24.3 Å². The Labute approximate surface area is 123 Å². The molecule has 0 atom stereocenters. The summed E-state index contributed by atoms with van der Waals surface area (Å²) in [7, 11) is 0. The quantitative estimate of drug-likeness (QED) is 0.712. The maximum Gasteiger partial charge on any atom is 0.257 e. The number of anilines is 2. The topological polar surface area (TPSA) is 80.9 Å². The molecule has 1 aromatic heterocycles. The Morgan fingerprint density at radius 3 is 2.80 bits per heavy atom. The van der Waals surface area contributed by atoms with Gasteiger partial charge in [0.2, 0.25) is 0 Å². The van der Waals surface area contributed by atoms with Gasteiger partial charge in [-0.3, -0.25) is 4.79 Å². The second kappa shape index (κ2) is 5.07. The smallest absolute Gasteiger partial charge is 0.257 e. The van der Waals surface area contributed by atoms with Gasteiger partial charge in [0.1, 0.15) is 11.0 Å². The molecule has 0 aliphatic heterocycles. The first-order valence-corrected chi connectivity index (χ1v) is 6.84. The van der Waals surface area contributed by atoms with Gasteiger partial charge in [-0.2, -0.15) is 8.75 Å². The molecule has 1 heterocycles. The van der Waals surface area contributed by atoms with Gasteiger partial charge >= 0.3 is 0 Å².